The molecular formula is C20H29N5O4S2. The van der Waals surface area contributed by atoms with Gasteiger partial charge >= 0.3 is 0 Å². The molecule has 9 nitrogen and oxygen atoms in total. The van der Waals surface area contributed by atoms with Crippen molar-refractivity contribution < 1.29 is 17.9 Å². The second-order valence-electron chi connectivity index (χ2n) is 8.05. The summed E-state index contributed by atoms with van der Waals surface area (Å²) in [7, 11) is -1.42. The van der Waals surface area contributed by atoms with Crippen LogP contribution in [-0.4, -0.2) is 63.9 Å². The summed E-state index contributed by atoms with van der Waals surface area (Å²) >= 11 is 1.18. The minimum Gasteiger partial charge on any atom is -0.486 e. The molecule has 0 saturated carbocycles. The van der Waals surface area contributed by atoms with E-state index >= 15 is 0 Å². The summed E-state index contributed by atoms with van der Waals surface area (Å²) < 4.78 is 30.5. The van der Waals surface area contributed by atoms with Crippen LogP contribution in [0, 0.1) is 0 Å². The van der Waals surface area contributed by atoms with Gasteiger partial charge in [-0.3, -0.25) is 4.79 Å². The minimum atomic E-state index is -3.06. The Morgan fingerprint density at radius 1 is 1.29 bits per heavy atom. The number of ether oxygens (including phenoxy) is 1. The van der Waals surface area contributed by atoms with Crippen LogP contribution >= 0.6 is 11.8 Å². The van der Waals surface area contributed by atoms with Crippen LogP contribution in [-0.2, 0) is 21.2 Å². The first-order valence-electron chi connectivity index (χ1n) is 10.1. The van der Waals surface area contributed by atoms with E-state index in [0.717, 1.165) is 0 Å². The summed E-state index contributed by atoms with van der Waals surface area (Å²) in [6, 6.07) is 7.56. The molecule has 2 atom stereocenters. The molecule has 1 amide bonds. The monoisotopic (exact) mass is 467 g/mol. The maximum atomic E-state index is 12.7. The van der Waals surface area contributed by atoms with Crippen LogP contribution in [0.4, 0.5) is 0 Å². The van der Waals surface area contributed by atoms with Crippen molar-refractivity contribution in [3.8, 4) is 5.75 Å². The number of nitrogens with two attached hydrogens (primary N) is 1. The predicted molar refractivity (Wildman–Crippen MR) is 120 cm³/mol. The van der Waals surface area contributed by atoms with Gasteiger partial charge in [0.2, 0.25) is 11.1 Å². The molecule has 1 aromatic heterocycles. The zero-order valence-electron chi connectivity index (χ0n) is 18.2. The number of hydrogen-bond donors (Lipinski definition) is 1. The van der Waals surface area contributed by atoms with Crippen molar-refractivity contribution in [3.63, 3.8) is 0 Å². The number of benzene rings is 1. The topological polar surface area (TPSA) is 120 Å². The maximum absolute atomic E-state index is 12.7. The zero-order chi connectivity index (χ0) is 22.8. The van der Waals surface area contributed by atoms with Crippen molar-refractivity contribution in [1.82, 2.24) is 19.8 Å². The SMILES string of the molecule is CC(Sc1nnc(COc2ccc(C(C)C)cc2)n1N)C(=O)N(C)C1CCS(=O)(=O)C1. The van der Waals surface area contributed by atoms with E-state index in [2.05, 4.69) is 24.0 Å². The fourth-order valence-electron chi connectivity index (χ4n) is 3.34. The first-order chi connectivity index (χ1) is 14.6. The minimum absolute atomic E-state index is 0.0132. The molecule has 1 fully saturated rings. The number of aromatic nitrogens is 3. The Morgan fingerprint density at radius 3 is 2.55 bits per heavy atom. The van der Waals surface area contributed by atoms with Gasteiger partial charge in [-0.1, -0.05) is 37.7 Å². The third-order valence-electron chi connectivity index (χ3n) is 5.38. The molecule has 11 heteroatoms. The maximum Gasteiger partial charge on any atom is 0.235 e. The van der Waals surface area contributed by atoms with Gasteiger partial charge in [0.1, 0.15) is 12.4 Å². The molecule has 2 unspecified atom stereocenters. The van der Waals surface area contributed by atoms with Gasteiger partial charge in [-0.15, -0.1) is 10.2 Å². The van der Waals surface area contributed by atoms with Crippen molar-refractivity contribution in [2.75, 3.05) is 24.4 Å². The molecule has 31 heavy (non-hydrogen) atoms. The molecule has 1 aliphatic heterocycles. The number of carbonyl (C=O) groups excluding carboxylic acids is 1. The molecule has 170 valence electrons. The molecular weight excluding hydrogens is 438 g/mol. The third kappa shape index (κ3) is 5.70. The highest BCUT2D eigenvalue weighted by atomic mass is 32.2. The van der Waals surface area contributed by atoms with E-state index in [-0.39, 0.29) is 30.1 Å². The lowest BCUT2D eigenvalue weighted by molar-refractivity contribution is -0.130. The summed E-state index contributed by atoms with van der Waals surface area (Å²) in [6.45, 7) is 6.15. The smallest absolute Gasteiger partial charge is 0.235 e. The van der Waals surface area contributed by atoms with E-state index in [9.17, 15) is 13.2 Å². The van der Waals surface area contributed by atoms with Crippen molar-refractivity contribution in [1.29, 1.82) is 0 Å². The van der Waals surface area contributed by atoms with Gasteiger partial charge in [0.05, 0.1) is 16.8 Å². The summed E-state index contributed by atoms with van der Waals surface area (Å²) in [6.07, 6.45) is 0.467. The number of thioether (sulfide) groups is 1. The van der Waals surface area contributed by atoms with E-state index in [4.69, 9.17) is 10.6 Å². The van der Waals surface area contributed by atoms with Gasteiger partial charge < -0.3 is 15.5 Å². The van der Waals surface area contributed by atoms with Crippen molar-refractivity contribution in [3.05, 3.63) is 35.7 Å². The molecule has 0 radical (unpaired) electrons. The summed E-state index contributed by atoms with van der Waals surface area (Å²) in [5.74, 6) is 7.66. The number of hydrogen-bond acceptors (Lipinski definition) is 8. The molecule has 2 heterocycles. The second kappa shape index (κ2) is 9.47. The van der Waals surface area contributed by atoms with Crippen LogP contribution in [0.1, 0.15) is 44.5 Å². The summed E-state index contributed by atoms with van der Waals surface area (Å²) in [5.41, 5.74) is 1.23. The number of amides is 1. The zero-order valence-corrected chi connectivity index (χ0v) is 19.8. The number of rotatable bonds is 8. The lowest BCUT2D eigenvalue weighted by Crippen LogP contribution is -2.41. The highest BCUT2D eigenvalue weighted by Gasteiger charge is 2.34. The van der Waals surface area contributed by atoms with E-state index in [0.29, 0.717) is 29.1 Å². The highest BCUT2D eigenvalue weighted by Crippen LogP contribution is 2.25. The molecule has 1 aromatic carbocycles. The van der Waals surface area contributed by atoms with E-state index in [1.807, 2.05) is 24.3 Å². The highest BCUT2D eigenvalue weighted by molar-refractivity contribution is 8.00. The average molecular weight is 468 g/mol. The lowest BCUT2D eigenvalue weighted by atomic mass is 10.0. The van der Waals surface area contributed by atoms with Crippen molar-refractivity contribution in [2.45, 2.75) is 56.2 Å². The van der Waals surface area contributed by atoms with Gasteiger partial charge in [0, 0.05) is 13.1 Å². The van der Waals surface area contributed by atoms with Crippen molar-refractivity contribution in [2.24, 2.45) is 0 Å². The number of nitrogens with zero attached hydrogens (tertiary/aromatic N) is 4. The van der Waals surface area contributed by atoms with Crippen molar-refractivity contribution >= 4 is 27.5 Å². The molecule has 2 aromatic rings. The standard InChI is InChI=1S/C20H29N5O4S2/c1-13(2)15-5-7-17(8-6-15)29-11-18-22-23-20(25(18)21)30-14(3)19(26)24(4)16-9-10-31(27,28)12-16/h5-8,13-14,16H,9-12,21H2,1-4H3. The van der Waals surface area contributed by atoms with Gasteiger partial charge in [-0.25, -0.2) is 13.1 Å². The number of carbonyl (C=O) groups is 1. The Hall–Kier alpha value is -2.27. The van der Waals surface area contributed by atoms with Gasteiger partial charge in [-0.2, -0.15) is 0 Å². The molecule has 0 aliphatic carbocycles. The fourth-order valence-corrected chi connectivity index (χ4v) is 6.00. The molecule has 3 rings (SSSR count). The molecule has 2 N–H and O–H groups in total. The fraction of sp³-hybridized carbons (Fsp3) is 0.550. The Morgan fingerprint density at radius 2 is 1.97 bits per heavy atom. The first-order valence-corrected chi connectivity index (χ1v) is 12.8. The number of sulfone groups is 1. The Bertz CT molecular complexity index is 1020. The van der Waals surface area contributed by atoms with Crippen LogP contribution < -0.4 is 10.6 Å². The predicted octanol–water partition coefficient (Wildman–Crippen LogP) is 1.82. The normalized spacial score (nSPS) is 18.8. The molecule has 1 aliphatic rings. The molecule has 1 saturated heterocycles. The first kappa shape index (κ1) is 23.4. The van der Waals surface area contributed by atoms with Gasteiger partial charge in [0.25, 0.3) is 0 Å². The Balaban J connectivity index is 1.57. The van der Waals surface area contributed by atoms with Crippen LogP contribution in [0.5, 0.6) is 5.75 Å². The van der Waals surface area contributed by atoms with Crippen LogP contribution in [0.3, 0.4) is 0 Å². The average Bonchev–Trinajstić information content (AvgIpc) is 3.27. The second-order valence-corrected chi connectivity index (χ2v) is 11.6. The third-order valence-corrected chi connectivity index (χ3v) is 8.18. The van der Waals surface area contributed by atoms with E-state index < -0.39 is 15.1 Å². The van der Waals surface area contributed by atoms with Gasteiger partial charge in [-0.05, 0) is 37.0 Å². The number of nitrogen functional groups attached to an aromatic ring is 1. The van der Waals surface area contributed by atoms with Gasteiger partial charge in [0.15, 0.2) is 15.7 Å². The molecule has 0 spiro atoms. The van der Waals surface area contributed by atoms with E-state index in [1.54, 1.807) is 14.0 Å². The summed E-state index contributed by atoms with van der Waals surface area (Å²) in [4.78, 5) is 14.3. The molecule has 0 bridgehead atoms. The van der Waals surface area contributed by atoms with Crippen LogP contribution in [0.25, 0.3) is 0 Å². The largest absolute Gasteiger partial charge is 0.486 e. The summed E-state index contributed by atoms with van der Waals surface area (Å²) in [5, 5.41) is 8.04. The lowest BCUT2D eigenvalue weighted by Gasteiger charge is -2.26. The Kier molecular flexibility index (Phi) is 7.15. The van der Waals surface area contributed by atoms with E-state index in [1.165, 1.54) is 26.9 Å². The van der Waals surface area contributed by atoms with Crippen LogP contribution in [0.15, 0.2) is 29.4 Å². The quantitative estimate of drug-likeness (QED) is 0.461. The van der Waals surface area contributed by atoms with Crippen LogP contribution in [0.2, 0.25) is 0 Å². The Labute approximate surface area is 187 Å².